The quantitative estimate of drug-likeness (QED) is 0.831. The standard InChI is InChI=1S/C22H35N3O/c1-18(16-19-8-3-2-4-9-19)22(26)25(17-20-10-5-6-14-24-20)21-11-7-13-23-15-12-21/h5-6,10,14,18-19,21,23H,2-4,7-9,11-13,15-17H2,1H3. The Kier molecular flexibility index (Phi) is 7.48. The third kappa shape index (κ3) is 5.54. The maximum Gasteiger partial charge on any atom is 0.226 e. The smallest absolute Gasteiger partial charge is 0.226 e. The van der Waals surface area contributed by atoms with Crippen molar-refractivity contribution in [3.05, 3.63) is 30.1 Å². The van der Waals surface area contributed by atoms with Gasteiger partial charge in [-0.3, -0.25) is 9.78 Å². The summed E-state index contributed by atoms with van der Waals surface area (Å²) < 4.78 is 0. The molecule has 2 heterocycles. The molecular formula is C22H35N3O. The second-order valence-corrected chi connectivity index (χ2v) is 8.26. The zero-order valence-electron chi connectivity index (χ0n) is 16.3. The van der Waals surface area contributed by atoms with E-state index >= 15 is 0 Å². The molecule has 1 aromatic rings. The molecule has 26 heavy (non-hydrogen) atoms. The molecule has 2 unspecified atom stereocenters. The highest BCUT2D eigenvalue weighted by molar-refractivity contribution is 5.78. The van der Waals surface area contributed by atoms with E-state index in [0.717, 1.165) is 50.4 Å². The molecule has 0 radical (unpaired) electrons. The molecule has 0 spiro atoms. The van der Waals surface area contributed by atoms with Crippen LogP contribution in [0.2, 0.25) is 0 Å². The Balaban J connectivity index is 1.68. The van der Waals surface area contributed by atoms with E-state index in [1.807, 2.05) is 24.4 Å². The molecule has 1 aliphatic carbocycles. The van der Waals surface area contributed by atoms with Gasteiger partial charge in [0.05, 0.1) is 12.2 Å². The van der Waals surface area contributed by atoms with Crippen molar-refractivity contribution in [1.29, 1.82) is 0 Å². The number of carbonyl (C=O) groups excluding carboxylic acids is 1. The third-order valence-electron chi connectivity index (χ3n) is 6.16. The van der Waals surface area contributed by atoms with E-state index in [-0.39, 0.29) is 5.92 Å². The minimum atomic E-state index is 0.123. The van der Waals surface area contributed by atoms with E-state index in [9.17, 15) is 4.79 Å². The first-order chi connectivity index (χ1) is 12.7. The Morgan fingerprint density at radius 3 is 2.77 bits per heavy atom. The first-order valence-electron chi connectivity index (χ1n) is 10.6. The highest BCUT2D eigenvalue weighted by Gasteiger charge is 2.30. The molecule has 0 aromatic carbocycles. The van der Waals surface area contributed by atoms with Crippen molar-refractivity contribution in [2.45, 2.75) is 77.3 Å². The van der Waals surface area contributed by atoms with Crippen molar-refractivity contribution in [3.63, 3.8) is 0 Å². The molecule has 1 aliphatic heterocycles. The summed E-state index contributed by atoms with van der Waals surface area (Å²) in [5.41, 5.74) is 1.00. The van der Waals surface area contributed by atoms with Crippen LogP contribution in [0.3, 0.4) is 0 Å². The number of pyridine rings is 1. The second-order valence-electron chi connectivity index (χ2n) is 8.26. The van der Waals surface area contributed by atoms with Gasteiger partial charge < -0.3 is 10.2 Å². The van der Waals surface area contributed by atoms with Crippen molar-refractivity contribution < 1.29 is 4.79 Å². The Bertz CT molecular complexity index is 534. The lowest BCUT2D eigenvalue weighted by Gasteiger charge is -2.34. The zero-order valence-corrected chi connectivity index (χ0v) is 16.3. The number of carbonyl (C=O) groups is 1. The zero-order chi connectivity index (χ0) is 18.2. The van der Waals surface area contributed by atoms with Gasteiger partial charge in [0.2, 0.25) is 5.91 Å². The van der Waals surface area contributed by atoms with Crippen molar-refractivity contribution in [1.82, 2.24) is 15.2 Å². The molecule has 1 aromatic heterocycles. The summed E-state index contributed by atoms with van der Waals surface area (Å²) in [6, 6.07) is 6.34. The van der Waals surface area contributed by atoms with Gasteiger partial charge >= 0.3 is 0 Å². The molecule has 1 N–H and O–H groups in total. The predicted octanol–water partition coefficient (Wildman–Crippen LogP) is 4.16. The predicted molar refractivity (Wildman–Crippen MR) is 106 cm³/mol. The first kappa shape index (κ1) is 19.3. The summed E-state index contributed by atoms with van der Waals surface area (Å²) in [5.74, 6) is 1.21. The van der Waals surface area contributed by atoms with Crippen LogP contribution in [0.4, 0.5) is 0 Å². The number of hydrogen-bond acceptors (Lipinski definition) is 3. The fourth-order valence-electron chi connectivity index (χ4n) is 4.67. The molecule has 1 saturated heterocycles. The maximum atomic E-state index is 13.4. The van der Waals surface area contributed by atoms with Crippen molar-refractivity contribution in [3.8, 4) is 0 Å². The molecule has 2 aliphatic rings. The van der Waals surface area contributed by atoms with Crippen LogP contribution in [0.1, 0.15) is 70.4 Å². The molecule has 0 bridgehead atoms. The number of aromatic nitrogens is 1. The first-order valence-corrected chi connectivity index (χ1v) is 10.6. The van der Waals surface area contributed by atoms with Crippen LogP contribution in [0.25, 0.3) is 0 Å². The van der Waals surface area contributed by atoms with Crippen LogP contribution in [0.15, 0.2) is 24.4 Å². The normalized spacial score (nSPS) is 23.2. The molecular weight excluding hydrogens is 322 g/mol. The van der Waals surface area contributed by atoms with Crippen LogP contribution in [-0.4, -0.2) is 34.9 Å². The second kappa shape index (κ2) is 10.1. The van der Waals surface area contributed by atoms with E-state index in [1.54, 1.807) is 0 Å². The van der Waals surface area contributed by atoms with E-state index in [1.165, 1.54) is 32.1 Å². The van der Waals surface area contributed by atoms with Crippen LogP contribution >= 0.6 is 0 Å². The SMILES string of the molecule is CC(CC1CCCCC1)C(=O)N(Cc1ccccn1)C1CCCNCC1. The fraction of sp³-hybridized carbons (Fsp3) is 0.727. The van der Waals surface area contributed by atoms with Crippen LogP contribution in [0.5, 0.6) is 0 Å². The molecule has 4 heteroatoms. The van der Waals surface area contributed by atoms with Gasteiger partial charge in [0, 0.05) is 18.2 Å². The topological polar surface area (TPSA) is 45.2 Å². The number of amides is 1. The molecule has 4 nitrogen and oxygen atoms in total. The van der Waals surface area contributed by atoms with Crippen LogP contribution in [-0.2, 0) is 11.3 Å². The largest absolute Gasteiger partial charge is 0.334 e. The van der Waals surface area contributed by atoms with E-state index in [4.69, 9.17) is 0 Å². The fourth-order valence-corrected chi connectivity index (χ4v) is 4.67. The van der Waals surface area contributed by atoms with Crippen LogP contribution in [0, 0.1) is 11.8 Å². The molecule has 2 fully saturated rings. The molecule has 1 saturated carbocycles. The number of nitrogens with one attached hydrogen (secondary N) is 1. The van der Waals surface area contributed by atoms with Gasteiger partial charge in [-0.25, -0.2) is 0 Å². The summed E-state index contributed by atoms with van der Waals surface area (Å²) in [6.45, 7) is 4.88. The lowest BCUT2D eigenvalue weighted by atomic mass is 9.82. The lowest BCUT2D eigenvalue weighted by Crippen LogP contribution is -2.43. The minimum absolute atomic E-state index is 0.123. The average molecular weight is 358 g/mol. The summed E-state index contributed by atoms with van der Waals surface area (Å²) in [5, 5.41) is 3.48. The maximum absolute atomic E-state index is 13.4. The van der Waals surface area contributed by atoms with Gasteiger partial charge in [0.1, 0.15) is 0 Å². The summed E-state index contributed by atoms with van der Waals surface area (Å²) in [4.78, 5) is 20.1. The number of rotatable bonds is 6. The number of nitrogens with zero attached hydrogens (tertiary/aromatic N) is 2. The van der Waals surface area contributed by atoms with E-state index in [0.29, 0.717) is 18.5 Å². The monoisotopic (exact) mass is 357 g/mol. The Morgan fingerprint density at radius 2 is 2.00 bits per heavy atom. The van der Waals surface area contributed by atoms with Crippen molar-refractivity contribution >= 4 is 5.91 Å². The lowest BCUT2D eigenvalue weighted by molar-refractivity contribution is -0.139. The van der Waals surface area contributed by atoms with E-state index < -0.39 is 0 Å². The summed E-state index contributed by atoms with van der Waals surface area (Å²) >= 11 is 0. The average Bonchev–Trinajstić information content (AvgIpc) is 2.96. The van der Waals surface area contributed by atoms with Crippen LogP contribution < -0.4 is 5.32 Å². The van der Waals surface area contributed by atoms with Gasteiger partial charge in [-0.2, -0.15) is 0 Å². The highest BCUT2D eigenvalue weighted by atomic mass is 16.2. The Labute approximate surface area is 158 Å². The van der Waals surface area contributed by atoms with Gasteiger partial charge in [-0.1, -0.05) is 45.1 Å². The summed E-state index contributed by atoms with van der Waals surface area (Å²) in [6.07, 6.45) is 12.9. The Morgan fingerprint density at radius 1 is 1.15 bits per heavy atom. The molecule has 1 amide bonds. The third-order valence-corrected chi connectivity index (χ3v) is 6.16. The Hall–Kier alpha value is -1.42. The van der Waals surface area contributed by atoms with Crippen molar-refractivity contribution in [2.24, 2.45) is 11.8 Å². The minimum Gasteiger partial charge on any atom is -0.334 e. The summed E-state index contributed by atoms with van der Waals surface area (Å²) in [7, 11) is 0. The van der Waals surface area contributed by atoms with Gasteiger partial charge in [0.25, 0.3) is 0 Å². The highest BCUT2D eigenvalue weighted by Crippen LogP contribution is 2.30. The molecule has 3 rings (SSSR count). The molecule has 144 valence electrons. The van der Waals surface area contributed by atoms with E-state index in [2.05, 4.69) is 22.1 Å². The number of hydrogen-bond donors (Lipinski definition) is 1. The van der Waals surface area contributed by atoms with Gasteiger partial charge in [0.15, 0.2) is 0 Å². The van der Waals surface area contributed by atoms with Gasteiger partial charge in [-0.15, -0.1) is 0 Å². The van der Waals surface area contributed by atoms with Gasteiger partial charge in [-0.05, 0) is 56.8 Å². The molecule has 2 atom stereocenters. The van der Waals surface area contributed by atoms with Crippen molar-refractivity contribution in [2.75, 3.05) is 13.1 Å².